The summed E-state index contributed by atoms with van der Waals surface area (Å²) in [5.41, 5.74) is 2.58. The van der Waals surface area contributed by atoms with E-state index >= 15 is 0 Å². The predicted molar refractivity (Wildman–Crippen MR) is 126 cm³/mol. The number of rotatable bonds is 9. The summed E-state index contributed by atoms with van der Waals surface area (Å²) in [5.74, 6) is -0.193. The van der Waals surface area contributed by atoms with Gasteiger partial charge in [-0.15, -0.1) is 0 Å². The first kappa shape index (κ1) is 23.9. The first-order valence-corrected chi connectivity index (χ1v) is 10.8. The molecular formula is C24H24Cl2N2O4. The third-order valence-electron chi connectivity index (χ3n) is 5.14. The van der Waals surface area contributed by atoms with Crippen molar-refractivity contribution < 1.29 is 14.6 Å². The average Bonchev–Trinajstić information content (AvgIpc) is 2.77. The molecule has 0 unspecified atom stereocenters. The minimum atomic E-state index is -0.976. The second-order valence-corrected chi connectivity index (χ2v) is 8.33. The Kier molecular flexibility index (Phi) is 7.96. The summed E-state index contributed by atoms with van der Waals surface area (Å²) >= 11 is 12.6. The number of nitrogens with zero attached hydrogens (tertiary/aromatic N) is 2. The van der Waals surface area contributed by atoms with Crippen LogP contribution >= 0.6 is 23.2 Å². The van der Waals surface area contributed by atoms with E-state index in [1.807, 2.05) is 31.3 Å². The Balaban J connectivity index is 1.80. The van der Waals surface area contributed by atoms with E-state index in [2.05, 4.69) is 4.90 Å². The molecule has 6 nitrogen and oxygen atoms in total. The van der Waals surface area contributed by atoms with Crippen molar-refractivity contribution in [2.24, 2.45) is 0 Å². The van der Waals surface area contributed by atoms with E-state index in [9.17, 15) is 9.59 Å². The number of aromatic nitrogens is 1. The molecule has 0 aliphatic rings. The number of carboxylic acid groups (broad SMARTS) is 1. The van der Waals surface area contributed by atoms with Gasteiger partial charge in [-0.05, 0) is 54.9 Å². The summed E-state index contributed by atoms with van der Waals surface area (Å²) < 4.78 is 6.88. The number of carboxylic acids is 1. The Morgan fingerprint density at radius 1 is 1.03 bits per heavy atom. The van der Waals surface area contributed by atoms with Gasteiger partial charge >= 0.3 is 5.97 Å². The molecule has 1 heterocycles. The lowest BCUT2D eigenvalue weighted by Crippen LogP contribution is -2.29. The highest BCUT2D eigenvalue weighted by molar-refractivity contribution is 6.34. The summed E-state index contributed by atoms with van der Waals surface area (Å²) in [5, 5.41) is 9.54. The number of hydrogen-bond acceptors (Lipinski definition) is 4. The van der Waals surface area contributed by atoms with Gasteiger partial charge in [0, 0.05) is 19.6 Å². The van der Waals surface area contributed by atoms with Crippen molar-refractivity contribution in [3.63, 3.8) is 0 Å². The van der Waals surface area contributed by atoms with Crippen LogP contribution in [0, 0.1) is 0 Å². The van der Waals surface area contributed by atoms with Gasteiger partial charge in [-0.3, -0.25) is 9.69 Å². The standard InChI is InChI=1S/C24H24Cl2N2O4/c1-27(14-17-4-3-5-19(12-17)32-2)15-22-20(25)13-21(26)23(29)28(22)11-10-16-6-8-18(9-7-16)24(30)31/h3-9,12-13H,10-11,14-15H2,1-2H3,(H,30,31). The third-order valence-corrected chi connectivity index (χ3v) is 5.73. The van der Waals surface area contributed by atoms with Crippen molar-refractivity contribution in [3.05, 3.63) is 97.4 Å². The number of hydrogen-bond donors (Lipinski definition) is 1. The topological polar surface area (TPSA) is 71.8 Å². The van der Waals surface area contributed by atoms with Crippen LogP contribution in [0.2, 0.25) is 10.0 Å². The van der Waals surface area contributed by atoms with Crippen molar-refractivity contribution >= 4 is 29.2 Å². The van der Waals surface area contributed by atoms with E-state index in [0.29, 0.717) is 36.8 Å². The van der Waals surface area contributed by atoms with Gasteiger partial charge in [0.25, 0.3) is 5.56 Å². The highest BCUT2D eigenvalue weighted by Gasteiger charge is 2.15. The maximum Gasteiger partial charge on any atom is 0.335 e. The fourth-order valence-electron chi connectivity index (χ4n) is 3.48. The zero-order valence-corrected chi connectivity index (χ0v) is 19.4. The lowest BCUT2D eigenvalue weighted by atomic mass is 10.1. The fraction of sp³-hybridized carbons (Fsp3) is 0.250. The molecule has 0 radical (unpaired) electrons. The number of carbonyl (C=O) groups is 1. The molecular weight excluding hydrogens is 451 g/mol. The van der Waals surface area contributed by atoms with Crippen molar-refractivity contribution in [2.45, 2.75) is 26.1 Å². The second-order valence-electron chi connectivity index (χ2n) is 7.52. The molecule has 1 N–H and O–H groups in total. The molecule has 0 aliphatic carbocycles. The van der Waals surface area contributed by atoms with E-state index in [1.165, 1.54) is 6.07 Å². The van der Waals surface area contributed by atoms with Crippen molar-refractivity contribution in [1.82, 2.24) is 9.47 Å². The lowest BCUT2D eigenvalue weighted by molar-refractivity contribution is 0.0697. The van der Waals surface area contributed by atoms with E-state index in [0.717, 1.165) is 16.9 Å². The minimum Gasteiger partial charge on any atom is -0.497 e. The highest BCUT2D eigenvalue weighted by Crippen LogP contribution is 2.21. The van der Waals surface area contributed by atoms with Gasteiger partial charge in [0.1, 0.15) is 10.8 Å². The number of methoxy groups -OCH3 is 1. The second kappa shape index (κ2) is 10.7. The summed E-state index contributed by atoms with van der Waals surface area (Å²) in [4.78, 5) is 25.9. The van der Waals surface area contributed by atoms with Crippen molar-refractivity contribution in [1.29, 1.82) is 0 Å². The maximum atomic E-state index is 12.8. The number of benzene rings is 2. The van der Waals surface area contributed by atoms with Gasteiger partial charge in [-0.1, -0.05) is 47.5 Å². The number of ether oxygens (including phenoxy) is 1. The van der Waals surface area contributed by atoms with Gasteiger partial charge in [0.05, 0.1) is 23.4 Å². The van der Waals surface area contributed by atoms with E-state index in [4.69, 9.17) is 33.0 Å². The number of pyridine rings is 1. The summed E-state index contributed by atoms with van der Waals surface area (Å²) in [6, 6.07) is 15.9. The lowest BCUT2D eigenvalue weighted by Gasteiger charge is -2.22. The number of aryl methyl sites for hydroxylation is 1. The Labute approximate surface area is 196 Å². The number of halogens is 2. The van der Waals surface area contributed by atoms with E-state index < -0.39 is 5.97 Å². The van der Waals surface area contributed by atoms with E-state index in [1.54, 1.807) is 35.9 Å². The zero-order chi connectivity index (χ0) is 23.3. The molecule has 8 heteroatoms. The van der Waals surface area contributed by atoms with Crippen LogP contribution in [0.4, 0.5) is 0 Å². The van der Waals surface area contributed by atoms with Crippen LogP contribution in [-0.2, 0) is 26.1 Å². The molecule has 32 heavy (non-hydrogen) atoms. The largest absolute Gasteiger partial charge is 0.497 e. The van der Waals surface area contributed by atoms with Crippen LogP contribution in [0.15, 0.2) is 59.4 Å². The minimum absolute atomic E-state index is 0.0652. The van der Waals surface area contributed by atoms with Crippen LogP contribution < -0.4 is 10.3 Å². The first-order valence-electron chi connectivity index (χ1n) is 10.00. The van der Waals surface area contributed by atoms with Gasteiger partial charge in [0.2, 0.25) is 0 Å². The Morgan fingerprint density at radius 3 is 2.41 bits per heavy atom. The molecule has 0 spiro atoms. The normalized spacial score (nSPS) is 11.0. The Hall–Kier alpha value is -2.80. The van der Waals surface area contributed by atoms with Crippen molar-refractivity contribution in [3.8, 4) is 5.75 Å². The first-order chi connectivity index (χ1) is 15.3. The molecule has 0 aliphatic heterocycles. The molecule has 0 fully saturated rings. The van der Waals surface area contributed by atoms with Crippen LogP contribution in [0.3, 0.4) is 0 Å². The van der Waals surface area contributed by atoms with E-state index in [-0.39, 0.29) is 16.1 Å². The quantitative estimate of drug-likeness (QED) is 0.484. The molecule has 2 aromatic carbocycles. The molecule has 3 rings (SSSR count). The fourth-order valence-corrected chi connectivity index (χ4v) is 4.02. The number of aromatic carboxylic acids is 1. The molecule has 0 saturated heterocycles. The molecule has 0 amide bonds. The highest BCUT2D eigenvalue weighted by atomic mass is 35.5. The molecule has 0 atom stereocenters. The van der Waals surface area contributed by atoms with Crippen molar-refractivity contribution in [2.75, 3.05) is 14.2 Å². The van der Waals surface area contributed by atoms with Crippen LogP contribution in [-0.4, -0.2) is 34.7 Å². The van der Waals surface area contributed by atoms with Gasteiger partial charge < -0.3 is 14.4 Å². The molecule has 0 saturated carbocycles. The molecule has 168 valence electrons. The van der Waals surface area contributed by atoms with Gasteiger partial charge in [-0.2, -0.15) is 0 Å². The van der Waals surface area contributed by atoms with Crippen LogP contribution in [0.1, 0.15) is 27.2 Å². The van der Waals surface area contributed by atoms with Gasteiger partial charge in [0.15, 0.2) is 0 Å². The third kappa shape index (κ3) is 5.91. The predicted octanol–water partition coefficient (Wildman–Crippen LogP) is 4.74. The SMILES string of the molecule is COc1cccc(CN(C)Cc2c(Cl)cc(Cl)c(=O)n2CCc2ccc(C(=O)O)cc2)c1. The smallest absolute Gasteiger partial charge is 0.335 e. The summed E-state index contributed by atoms with van der Waals surface area (Å²) in [6.07, 6.45) is 0.531. The Morgan fingerprint density at radius 2 is 1.75 bits per heavy atom. The maximum absolute atomic E-state index is 12.8. The van der Waals surface area contributed by atoms with Crippen LogP contribution in [0.25, 0.3) is 0 Å². The summed E-state index contributed by atoms with van der Waals surface area (Å²) in [7, 11) is 3.58. The average molecular weight is 475 g/mol. The van der Waals surface area contributed by atoms with Gasteiger partial charge in [-0.25, -0.2) is 4.79 Å². The molecule has 3 aromatic rings. The monoisotopic (exact) mass is 474 g/mol. The molecule has 1 aromatic heterocycles. The zero-order valence-electron chi connectivity index (χ0n) is 17.8. The summed E-state index contributed by atoms with van der Waals surface area (Å²) in [6.45, 7) is 1.45. The molecule has 0 bridgehead atoms. The van der Waals surface area contributed by atoms with Crippen LogP contribution in [0.5, 0.6) is 5.75 Å². The Bertz CT molecular complexity index is 1160.